The van der Waals surface area contributed by atoms with Gasteiger partial charge in [-0.3, -0.25) is 0 Å². The van der Waals surface area contributed by atoms with Crippen molar-refractivity contribution in [1.82, 2.24) is 14.1 Å². The number of aryl methyl sites for hydroxylation is 2. The van der Waals surface area contributed by atoms with Gasteiger partial charge in [0.2, 0.25) is 0 Å². The number of imidazole rings is 1. The first-order chi connectivity index (χ1) is 46.5. The van der Waals surface area contributed by atoms with E-state index >= 15 is 0 Å². The normalized spacial score (nSPS) is 15.7. The van der Waals surface area contributed by atoms with E-state index in [2.05, 4.69) is 61.9 Å². The quantitative estimate of drug-likeness (QED) is 0.128. The first-order valence-corrected chi connectivity index (χ1v) is 29.7. The molecular formula is C77H64BN5OPt. The monoisotopic (exact) mass is 1290 g/mol. The second-order valence-electron chi connectivity index (χ2n) is 23.3. The predicted octanol–water partition coefficient (Wildman–Crippen LogP) is 19.4. The van der Waals surface area contributed by atoms with Gasteiger partial charge in [-0.15, -0.1) is 0 Å². The molecule has 0 aliphatic carbocycles. The molecule has 416 valence electrons. The fourth-order valence-electron chi connectivity index (χ4n) is 12.8. The molecule has 0 radical (unpaired) electrons. The van der Waals surface area contributed by atoms with Gasteiger partial charge in [0.25, 0.3) is 0 Å². The molecule has 3 aliphatic heterocycles. The third-order valence-electron chi connectivity index (χ3n) is 16.5. The van der Waals surface area contributed by atoms with E-state index in [1.165, 1.54) is 6.07 Å². The molecule has 0 saturated carbocycles. The van der Waals surface area contributed by atoms with Crippen molar-refractivity contribution in [3.8, 4) is 89.8 Å². The van der Waals surface area contributed by atoms with E-state index < -0.39 is 45.2 Å². The van der Waals surface area contributed by atoms with E-state index in [0.29, 0.717) is 88.0 Å². The van der Waals surface area contributed by atoms with Gasteiger partial charge in [0.05, 0.1) is 0 Å². The van der Waals surface area contributed by atoms with Gasteiger partial charge >= 0.3 is 449 Å². The van der Waals surface area contributed by atoms with Gasteiger partial charge in [-0.25, -0.2) is 0 Å². The zero-order valence-corrected chi connectivity index (χ0v) is 49.6. The number of pyridine rings is 1. The Bertz CT molecular complexity index is 5350. The fourth-order valence-corrected chi connectivity index (χ4v) is 13.9. The number of benzene rings is 10. The van der Waals surface area contributed by atoms with Crippen LogP contribution < -0.4 is 19.8 Å². The summed E-state index contributed by atoms with van der Waals surface area (Å²) in [6, 6.07) is 65.4. The number of nitrogens with zero attached hydrogens (tertiary/aromatic N) is 5. The maximum atomic E-state index is 10.6. The standard InChI is InChI=1S/C77H64BN5O.Pt/c1-48(2)39-52-41-63(55-29-19-23-49(3)40-55)74(64(42-52)57-43-56(53-25-11-9-12-26-53)44-58(45-57)77(6,7)8)81-47-80(65-34-15-16-35-66(65)81)59-30-21-31-60(46-59)84-76-71(54-27-13-10-14-28-54)51(5)72-62-33-22-32-61-70-50(4)24-20-38-69(70)82-67-36-17-18-37-68(67)83(75(72)79-76)78(82)73(61)62;/h9-38,40-46,48H,39H2,1-8H3;/i3D3,4D3,5D3,39D2,41D,42D;. The molecule has 15 rings (SSSR count). The van der Waals surface area contributed by atoms with E-state index in [1.807, 2.05) is 167 Å². The molecule has 0 fully saturated rings. The molecule has 8 heteroatoms. The van der Waals surface area contributed by atoms with Crippen LogP contribution in [0.15, 0.2) is 224 Å². The van der Waals surface area contributed by atoms with Gasteiger partial charge in [0.1, 0.15) is 0 Å². The third-order valence-corrected chi connectivity index (χ3v) is 17.5. The Morgan fingerprint density at radius 3 is 1.93 bits per heavy atom. The van der Waals surface area contributed by atoms with Crippen molar-refractivity contribution in [1.29, 1.82) is 0 Å². The van der Waals surface area contributed by atoms with Crippen LogP contribution in [-0.2, 0) is 31.1 Å². The number of anilines is 4. The van der Waals surface area contributed by atoms with Crippen LogP contribution in [0.2, 0.25) is 0 Å². The van der Waals surface area contributed by atoms with Gasteiger partial charge in [0.15, 0.2) is 0 Å². The zero-order chi connectivity index (χ0) is 69.0. The Morgan fingerprint density at radius 2 is 1.20 bits per heavy atom. The van der Waals surface area contributed by atoms with Gasteiger partial charge in [-0.05, 0) is 30.1 Å². The van der Waals surface area contributed by atoms with Crippen molar-refractivity contribution < 1.29 is 41.9 Å². The van der Waals surface area contributed by atoms with Gasteiger partial charge in [-0.1, -0.05) is 36.4 Å². The van der Waals surface area contributed by atoms with E-state index in [9.17, 15) is 9.60 Å². The Balaban J connectivity index is 0.988. The number of hydrogen-bond donors (Lipinski definition) is 0. The van der Waals surface area contributed by atoms with Crippen molar-refractivity contribution in [2.45, 2.75) is 67.0 Å². The summed E-state index contributed by atoms with van der Waals surface area (Å²) in [4.78, 5) is 9.73. The summed E-state index contributed by atoms with van der Waals surface area (Å²) in [5, 5.41) is 0. The van der Waals surface area contributed by atoms with E-state index in [-0.39, 0.29) is 51.3 Å². The Labute approximate surface area is 528 Å². The zero-order valence-electron chi connectivity index (χ0n) is 60.3. The fraction of sp³-hybridized carbons (Fsp3) is 0.143. The molecule has 0 bridgehead atoms. The topological polar surface area (TPSA) is 38.5 Å². The molecule has 6 nitrogen and oxygen atoms in total. The van der Waals surface area contributed by atoms with Crippen LogP contribution in [0.1, 0.15) is 80.3 Å². The molecule has 0 amide bonds. The molecule has 0 N–H and O–H groups in total. The maximum absolute atomic E-state index is 10.6. The minimum absolute atomic E-state index is 0.000388. The van der Waals surface area contributed by atoms with Gasteiger partial charge in [-0.2, -0.15) is 0 Å². The number of ether oxygens (including phenoxy) is 1. The first kappa shape index (κ1) is 40.3. The summed E-state index contributed by atoms with van der Waals surface area (Å²) in [5.41, 5.74) is 12.1. The third kappa shape index (κ3) is 8.64. The van der Waals surface area contributed by atoms with Crippen LogP contribution in [0, 0.1) is 30.3 Å². The Hall–Kier alpha value is -9.03. The number of hydrogen-bond acceptors (Lipinski definition) is 4. The molecule has 10 aromatic carbocycles. The Morgan fingerprint density at radius 1 is 0.565 bits per heavy atom. The molecule has 2 aromatic heterocycles. The summed E-state index contributed by atoms with van der Waals surface area (Å²) >= 11 is 2.26. The van der Waals surface area contributed by atoms with Crippen LogP contribution in [0.25, 0.3) is 89.2 Å². The van der Waals surface area contributed by atoms with Crippen molar-refractivity contribution in [3.05, 3.63) is 256 Å². The van der Waals surface area contributed by atoms with Gasteiger partial charge in [0, 0.05) is 15.4 Å². The summed E-state index contributed by atoms with van der Waals surface area (Å²) in [6.45, 7) is 1.38. The molecule has 0 atom stereocenters. The predicted molar refractivity (Wildman–Crippen MR) is 350 cm³/mol. The molecule has 12 aromatic rings. The first-order valence-electron chi connectivity index (χ1n) is 35.1. The van der Waals surface area contributed by atoms with Crippen molar-refractivity contribution in [2.24, 2.45) is 5.92 Å². The summed E-state index contributed by atoms with van der Waals surface area (Å²) < 4.78 is 134. The van der Waals surface area contributed by atoms with Crippen LogP contribution in [0.4, 0.5) is 22.9 Å². The van der Waals surface area contributed by atoms with Crippen LogP contribution in [0.3, 0.4) is 0 Å². The minimum atomic E-state index is -2.80. The summed E-state index contributed by atoms with van der Waals surface area (Å²) in [6.07, 6.45) is -2.23. The molecule has 85 heavy (non-hydrogen) atoms. The second-order valence-corrected chi connectivity index (χ2v) is 24.3. The number of fused-ring (bicyclic) bond motifs is 10. The molecule has 5 heterocycles. The SMILES string of the molecule is [2H]c1c(-c2cccc(C([2H])([2H])[2H])c2)c(-n2[c](=[Pt])n(-c3cccc(Oc4nc5c(c(C([2H])([2H])[2H])c4-c4ccccc4)-c4cccc6c4B4N(c7ccccc7N45)c4cccc(C([2H])([2H])[2H])c4-6)c3)c3ccccc32)c(-c2cc(-c3ccccc3)cc(C(C)(C)C)c2)c([2H])c1C([2H])([2H])C(C)C. The number of para-hydroxylation sites is 4. The summed E-state index contributed by atoms with van der Waals surface area (Å²) in [7, 11) is 0. The number of aromatic nitrogens is 3. The van der Waals surface area contributed by atoms with E-state index in [1.54, 1.807) is 50.2 Å². The molecule has 0 spiro atoms. The number of rotatable bonds is 10. The Kier molecular flexibility index (Phi) is 9.64. The van der Waals surface area contributed by atoms with Crippen LogP contribution >= 0.6 is 0 Å². The van der Waals surface area contributed by atoms with Gasteiger partial charge < -0.3 is 0 Å². The van der Waals surface area contributed by atoms with Crippen molar-refractivity contribution in [2.75, 3.05) is 9.62 Å². The molecular weight excluding hydrogens is 1220 g/mol. The summed E-state index contributed by atoms with van der Waals surface area (Å²) in [5.74, 6) is -0.0413. The van der Waals surface area contributed by atoms with Crippen LogP contribution in [0.5, 0.6) is 11.6 Å². The molecule has 0 saturated heterocycles. The van der Waals surface area contributed by atoms with Crippen molar-refractivity contribution in [3.63, 3.8) is 0 Å². The molecule has 3 aliphatic rings. The van der Waals surface area contributed by atoms with E-state index in [4.69, 9.17) is 17.9 Å². The van der Waals surface area contributed by atoms with Crippen molar-refractivity contribution >= 4 is 46.4 Å². The second kappa shape index (κ2) is 20.4. The average molecular weight is 1290 g/mol. The molecule has 0 unspecified atom stereocenters. The van der Waals surface area contributed by atoms with Crippen LogP contribution in [-0.4, -0.2) is 21.1 Å². The van der Waals surface area contributed by atoms with E-state index in [0.717, 1.165) is 33.5 Å². The average Bonchev–Trinajstić information content (AvgIpc) is 1.41.